The van der Waals surface area contributed by atoms with Gasteiger partial charge >= 0.3 is 17.9 Å². The number of hydrogen-bond donors (Lipinski definition) is 3. The van der Waals surface area contributed by atoms with Crippen LogP contribution in [0.5, 0.6) is 34.5 Å². The van der Waals surface area contributed by atoms with Crippen LogP contribution < -0.4 is 14.2 Å². The van der Waals surface area contributed by atoms with E-state index in [1.54, 1.807) is 0 Å². The third kappa shape index (κ3) is 24.0. The van der Waals surface area contributed by atoms with Crippen LogP contribution in [0.25, 0.3) is 0 Å². The van der Waals surface area contributed by atoms with Crippen LogP contribution in [0, 0.1) is 23.7 Å². The molecule has 7 unspecified atom stereocenters. The molecule has 0 aliphatic carbocycles. The maximum atomic E-state index is 12.7. The molecule has 120 heavy (non-hydrogen) atoms. The van der Waals surface area contributed by atoms with E-state index < -0.39 is 17.9 Å². The fourth-order valence-corrected chi connectivity index (χ4v) is 15.0. The molecule has 0 aromatic heterocycles. The Hall–Kier alpha value is -7.65. The SMILES string of the molecule is C=CC(=O)Oc1c(C(C)c2cc(C(C)(C)CC)cc(C(C)(C)CC)c2O)cc(C(C)(C)CC)cc1C(C)C(C)C.C=CC(=O)Oc1c(C(C)c2cc(C(C)(C)CC)cc(C(C)C(C)C)c2O)cc(C(C)(C)CC)cc1C(C)(C)CC.C=CC(=O)Oc1c(C(C)c2cc(C(C)(C)CC)cc(C(C)C(C)C)c2O)cc(C(C)(C)CC)cc1C(C)C(C)C. The number of ether oxygens (including phenoxy) is 3. The summed E-state index contributed by atoms with van der Waals surface area (Å²) in [5.74, 6) is 3.00. The Balaban J connectivity index is 0.000000378. The molecule has 7 atom stereocenters. The van der Waals surface area contributed by atoms with Gasteiger partial charge in [0.2, 0.25) is 0 Å². The Labute approximate surface area is 732 Å². The van der Waals surface area contributed by atoms with Crippen LogP contribution in [-0.2, 0) is 57.7 Å². The molecule has 0 saturated carbocycles. The van der Waals surface area contributed by atoms with Crippen molar-refractivity contribution < 1.29 is 43.9 Å². The van der Waals surface area contributed by atoms with Crippen molar-refractivity contribution in [1.82, 2.24) is 0 Å². The minimum absolute atomic E-state index is 0.0465. The maximum absolute atomic E-state index is 12.7. The van der Waals surface area contributed by atoms with Crippen molar-refractivity contribution >= 4 is 17.9 Å². The highest BCUT2D eigenvalue weighted by atomic mass is 16.5. The van der Waals surface area contributed by atoms with Gasteiger partial charge in [0.1, 0.15) is 34.5 Å². The Morgan fingerprint density at radius 3 is 0.692 bits per heavy atom. The average molecular weight is 1650 g/mol. The van der Waals surface area contributed by atoms with Crippen molar-refractivity contribution in [3.05, 3.63) is 211 Å². The fraction of sp³-hybridized carbons (Fsp3) is 0.595. The zero-order valence-electron chi connectivity index (χ0n) is 83.1. The van der Waals surface area contributed by atoms with Crippen LogP contribution in [0.3, 0.4) is 0 Å². The Bertz CT molecular complexity index is 4530. The van der Waals surface area contributed by atoms with Crippen LogP contribution >= 0.6 is 0 Å². The van der Waals surface area contributed by atoms with Crippen molar-refractivity contribution in [3.63, 3.8) is 0 Å². The smallest absolute Gasteiger partial charge is 0.335 e. The molecule has 6 rings (SSSR count). The molecule has 6 aromatic carbocycles. The number of phenolic OH excluding ortho intramolecular Hbond substituents is 3. The van der Waals surface area contributed by atoms with E-state index in [2.05, 4.69) is 363 Å². The molecular formula is C111H168O9. The van der Waals surface area contributed by atoms with E-state index >= 15 is 0 Å². The first-order chi connectivity index (χ1) is 55.2. The first-order valence-electron chi connectivity index (χ1n) is 45.9. The van der Waals surface area contributed by atoms with Crippen molar-refractivity contribution in [2.24, 2.45) is 23.7 Å². The summed E-state index contributed by atoms with van der Waals surface area (Å²) in [6.07, 6.45) is 11.4. The molecule has 0 saturated heterocycles. The second-order valence-electron chi connectivity index (χ2n) is 41.9. The topological polar surface area (TPSA) is 140 Å². The van der Waals surface area contributed by atoms with Crippen LogP contribution in [0.1, 0.15) is 463 Å². The molecule has 0 aliphatic rings. The third-order valence-electron chi connectivity index (χ3n) is 30.0. The van der Waals surface area contributed by atoms with Gasteiger partial charge < -0.3 is 29.5 Å². The standard InChI is InChI=1S/3C37H56O3/c1-15-33(38)40-35-31(25(9)23(6)7)20-28(37(13,14)17-3)21-32(35)26(10)30-19-27(36(11,12)16-2)18-29(34(30)39)24(8)22(4)5;1-15-32(38)40-34-29(24(7)23(5)6)20-26(35(9,10)16-2)21-30(34)25(8)28-19-27(36(11,12)17-3)22-31(33(28)39)37(13,14)18-4;1-15-32(38)40-34-30(21-27(36(11,12)17-3)22-31(34)37(13,14)18-4)25(8)29-20-26(35(9,10)16-2)19-28(33(29)39)24(7)23(5)6/h15,18-26,39H,1,16-17H2,2-14H3;2*15,19-25,39H,1,16-18H2,2-14H3. The molecular weight excluding hydrogens is 1480 g/mol. The average Bonchev–Trinajstić information content (AvgIpc) is 0.761. The van der Waals surface area contributed by atoms with Gasteiger partial charge in [-0.25, -0.2) is 14.4 Å². The highest BCUT2D eigenvalue weighted by molar-refractivity contribution is 5.85. The summed E-state index contributed by atoms with van der Waals surface area (Å²) >= 11 is 0. The highest BCUT2D eigenvalue weighted by Gasteiger charge is 2.39. The first kappa shape index (κ1) is 105. The Kier molecular flexibility index (Phi) is 36.4. The summed E-state index contributed by atoms with van der Waals surface area (Å²) in [6.45, 7) is 97.4. The van der Waals surface area contributed by atoms with E-state index in [1.165, 1.54) is 51.6 Å². The monoisotopic (exact) mass is 1650 g/mol. The van der Waals surface area contributed by atoms with Gasteiger partial charge in [-0.2, -0.15) is 0 Å². The van der Waals surface area contributed by atoms with Crippen molar-refractivity contribution in [2.75, 3.05) is 0 Å². The van der Waals surface area contributed by atoms with E-state index in [1.807, 2.05) is 0 Å². The van der Waals surface area contributed by atoms with Gasteiger partial charge in [0, 0.05) is 80.5 Å². The van der Waals surface area contributed by atoms with Gasteiger partial charge in [-0.15, -0.1) is 0 Å². The molecule has 9 nitrogen and oxygen atoms in total. The lowest BCUT2D eigenvalue weighted by Gasteiger charge is -2.34. The van der Waals surface area contributed by atoms with Crippen LogP contribution in [0.15, 0.2) is 111 Å². The molecule has 6 aromatic rings. The predicted molar refractivity (Wildman–Crippen MR) is 513 cm³/mol. The predicted octanol–water partition coefficient (Wildman–Crippen LogP) is 31.4. The zero-order chi connectivity index (χ0) is 92.3. The number of benzene rings is 6. The van der Waals surface area contributed by atoms with E-state index in [0.29, 0.717) is 58.2 Å². The number of rotatable bonds is 36. The minimum atomic E-state index is -0.469. The van der Waals surface area contributed by atoms with Gasteiger partial charge in [0.05, 0.1) is 0 Å². The molecule has 0 amide bonds. The van der Waals surface area contributed by atoms with Crippen LogP contribution in [0.2, 0.25) is 0 Å². The second kappa shape index (κ2) is 41.7. The van der Waals surface area contributed by atoms with Gasteiger partial charge in [-0.1, -0.05) is 363 Å². The minimum Gasteiger partial charge on any atom is -0.507 e. The Morgan fingerprint density at radius 2 is 0.450 bits per heavy atom. The summed E-state index contributed by atoms with van der Waals surface area (Å²) < 4.78 is 18.3. The maximum Gasteiger partial charge on any atom is 0.335 e. The molecule has 0 radical (unpaired) electrons. The van der Waals surface area contributed by atoms with Gasteiger partial charge in [-0.3, -0.25) is 0 Å². The zero-order valence-corrected chi connectivity index (χ0v) is 83.1. The molecule has 0 bridgehead atoms. The van der Waals surface area contributed by atoms with Gasteiger partial charge in [0.15, 0.2) is 0 Å². The van der Waals surface area contributed by atoms with E-state index in [4.69, 9.17) is 14.2 Å². The molecule has 0 heterocycles. The van der Waals surface area contributed by atoms with Crippen molar-refractivity contribution in [3.8, 4) is 34.5 Å². The van der Waals surface area contributed by atoms with E-state index in [0.717, 1.165) is 118 Å². The molecule has 666 valence electrons. The molecule has 0 aliphatic heterocycles. The summed E-state index contributed by atoms with van der Waals surface area (Å²) in [4.78, 5) is 38.1. The van der Waals surface area contributed by atoms with Crippen LogP contribution in [0.4, 0.5) is 0 Å². The largest absolute Gasteiger partial charge is 0.507 e. The van der Waals surface area contributed by atoms with Gasteiger partial charge in [0.25, 0.3) is 0 Å². The fourth-order valence-electron chi connectivity index (χ4n) is 15.0. The second-order valence-corrected chi connectivity index (χ2v) is 41.9. The number of esters is 3. The number of phenols is 3. The summed E-state index contributed by atoms with van der Waals surface area (Å²) in [7, 11) is 0. The number of carbonyl (C=O) groups is 3. The molecule has 0 fully saturated rings. The van der Waals surface area contributed by atoms with E-state index in [9.17, 15) is 29.7 Å². The lowest BCUT2D eigenvalue weighted by Crippen LogP contribution is -2.24. The summed E-state index contributed by atoms with van der Waals surface area (Å²) in [6, 6.07) is 26.5. The summed E-state index contributed by atoms with van der Waals surface area (Å²) in [5, 5.41) is 35.6. The summed E-state index contributed by atoms with van der Waals surface area (Å²) in [5.41, 5.74) is 18.0. The lowest BCUT2D eigenvalue weighted by molar-refractivity contribution is -0.130. The van der Waals surface area contributed by atoms with Crippen molar-refractivity contribution in [1.29, 1.82) is 0 Å². The molecule has 3 N–H and O–H groups in total. The quantitative estimate of drug-likeness (QED) is 0.0199. The van der Waals surface area contributed by atoms with Gasteiger partial charge in [-0.05, 0) is 198 Å². The highest BCUT2D eigenvalue weighted by Crippen LogP contribution is 2.54. The normalized spacial score (nSPS) is 14.4. The van der Waals surface area contributed by atoms with Crippen molar-refractivity contribution in [2.45, 2.75) is 406 Å². The third-order valence-corrected chi connectivity index (χ3v) is 30.0. The number of hydrogen-bond acceptors (Lipinski definition) is 9. The van der Waals surface area contributed by atoms with Crippen LogP contribution in [-0.4, -0.2) is 33.2 Å². The number of aromatic hydroxyl groups is 3. The molecule has 9 heteroatoms. The lowest BCUT2D eigenvalue weighted by atomic mass is 9.72. The Morgan fingerprint density at radius 1 is 0.267 bits per heavy atom. The number of carbonyl (C=O) groups excluding carboxylic acids is 3. The molecule has 0 spiro atoms. The van der Waals surface area contributed by atoms with E-state index in [-0.39, 0.29) is 84.7 Å². The first-order valence-corrected chi connectivity index (χ1v) is 45.9.